The SMILES string of the molecule is CCC(=O)C(C)(C)[C@H](CC(=O)OCC1(C)COC1)O[Si](C)(C)C(C)(C)C. The van der Waals surface area contributed by atoms with Crippen molar-refractivity contribution in [3.63, 3.8) is 0 Å². The summed E-state index contributed by atoms with van der Waals surface area (Å²) in [4.78, 5) is 25.0. The number of rotatable bonds is 9. The smallest absolute Gasteiger partial charge is 0.308 e. The molecule has 0 N–H and O–H groups in total. The van der Waals surface area contributed by atoms with Crippen molar-refractivity contribution in [3.8, 4) is 0 Å². The van der Waals surface area contributed by atoms with Crippen molar-refractivity contribution in [2.24, 2.45) is 10.8 Å². The highest BCUT2D eigenvalue weighted by Crippen LogP contribution is 2.41. The molecule has 0 bridgehead atoms. The van der Waals surface area contributed by atoms with Crippen LogP contribution in [0.5, 0.6) is 0 Å². The molecule has 1 rings (SSSR count). The van der Waals surface area contributed by atoms with Gasteiger partial charge in [0.15, 0.2) is 8.32 Å². The molecule has 0 aromatic carbocycles. The molecule has 0 aromatic heterocycles. The van der Waals surface area contributed by atoms with E-state index in [1.165, 1.54) is 0 Å². The van der Waals surface area contributed by atoms with E-state index in [-0.39, 0.29) is 28.6 Å². The van der Waals surface area contributed by atoms with Crippen LogP contribution in [0.4, 0.5) is 0 Å². The first-order valence-corrected chi connectivity index (χ1v) is 12.5. The first-order valence-electron chi connectivity index (χ1n) is 9.59. The molecule has 1 saturated heterocycles. The Bertz CT molecular complexity index is 515. The third-order valence-corrected chi connectivity index (χ3v) is 10.4. The van der Waals surface area contributed by atoms with Gasteiger partial charge in [-0.25, -0.2) is 0 Å². The van der Waals surface area contributed by atoms with Crippen molar-refractivity contribution in [2.75, 3.05) is 19.8 Å². The Labute approximate surface area is 160 Å². The topological polar surface area (TPSA) is 61.8 Å². The van der Waals surface area contributed by atoms with Crippen LogP contribution in [-0.2, 0) is 23.5 Å². The molecular formula is C20H38O5Si. The van der Waals surface area contributed by atoms with Crippen LogP contribution in [0.2, 0.25) is 18.1 Å². The summed E-state index contributed by atoms with van der Waals surface area (Å²) in [7, 11) is -2.14. The van der Waals surface area contributed by atoms with Crippen LogP contribution in [0.25, 0.3) is 0 Å². The number of hydrogen-bond acceptors (Lipinski definition) is 5. The molecule has 26 heavy (non-hydrogen) atoms. The van der Waals surface area contributed by atoms with Gasteiger partial charge in [0.2, 0.25) is 0 Å². The molecule has 1 fully saturated rings. The fraction of sp³-hybridized carbons (Fsp3) is 0.900. The van der Waals surface area contributed by atoms with E-state index in [0.717, 1.165) is 0 Å². The molecule has 0 spiro atoms. The second-order valence-electron chi connectivity index (χ2n) is 10.0. The summed E-state index contributed by atoms with van der Waals surface area (Å²) in [5, 5.41) is -0.00274. The second kappa shape index (κ2) is 8.11. The van der Waals surface area contributed by atoms with Crippen LogP contribution in [0.15, 0.2) is 0 Å². The zero-order chi connectivity index (χ0) is 20.4. The molecule has 5 nitrogen and oxygen atoms in total. The zero-order valence-electron chi connectivity index (χ0n) is 18.2. The molecule has 6 heteroatoms. The number of ketones is 1. The van der Waals surface area contributed by atoms with Crippen LogP contribution in [0.1, 0.15) is 61.3 Å². The minimum Gasteiger partial charge on any atom is -0.465 e. The van der Waals surface area contributed by atoms with Gasteiger partial charge in [-0.15, -0.1) is 0 Å². The minimum absolute atomic E-state index is 0.00274. The molecule has 1 atom stereocenters. The third kappa shape index (κ3) is 5.63. The first-order chi connectivity index (χ1) is 11.6. The Morgan fingerprint density at radius 2 is 1.69 bits per heavy atom. The Balaban J connectivity index is 2.89. The van der Waals surface area contributed by atoms with Crippen molar-refractivity contribution in [1.82, 2.24) is 0 Å². The zero-order valence-corrected chi connectivity index (χ0v) is 19.2. The summed E-state index contributed by atoms with van der Waals surface area (Å²) in [6, 6.07) is 0. The van der Waals surface area contributed by atoms with Crippen LogP contribution < -0.4 is 0 Å². The van der Waals surface area contributed by atoms with Gasteiger partial charge in [-0.2, -0.15) is 0 Å². The van der Waals surface area contributed by atoms with E-state index in [2.05, 4.69) is 33.9 Å². The predicted molar refractivity (Wildman–Crippen MR) is 106 cm³/mol. The van der Waals surface area contributed by atoms with Gasteiger partial charge in [-0.1, -0.05) is 48.5 Å². The summed E-state index contributed by atoms with van der Waals surface area (Å²) < 4.78 is 17.2. The van der Waals surface area contributed by atoms with Crippen molar-refractivity contribution in [2.45, 2.75) is 85.5 Å². The second-order valence-corrected chi connectivity index (χ2v) is 14.8. The maximum absolute atomic E-state index is 12.5. The van der Waals surface area contributed by atoms with Crippen molar-refractivity contribution < 1.29 is 23.5 Å². The summed E-state index contributed by atoms with van der Waals surface area (Å²) in [5.74, 6) is -0.202. The number of ether oxygens (including phenoxy) is 2. The first kappa shape index (κ1) is 23.3. The average Bonchev–Trinajstić information content (AvgIpc) is 2.48. The number of hydrogen-bond donors (Lipinski definition) is 0. The molecule has 0 aromatic rings. The van der Waals surface area contributed by atoms with Gasteiger partial charge in [0.25, 0.3) is 0 Å². The number of carbonyl (C=O) groups excluding carboxylic acids is 2. The summed E-state index contributed by atoms with van der Waals surface area (Å²) >= 11 is 0. The highest BCUT2D eigenvalue weighted by molar-refractivity contribution is 6.74. The highest BCUT2D eigenvalue weighted by atomic mass is 28.4. The van der Waals surface area contributed by atoms with Gasteiger partial charge < -0.3 is 13.9 Å². The van der Waals surface area contributed by atoms with E-state index >= 15 is 0 Å². The van der Waals surface area contributed by atoms with Crippen molar-refractivity contribution >= 4 is 20.1 Å². The summed E-state index contributed by atoms with van der Waals surface area (Å²) in [5.41, 5.74) is -0.813. The summed E-state index contributed by atoms with van der Waals surface area (Å²) in [6.07, 6.45) is 0.0468. The molecule has 0 saturated carbocycles. The summed E-state index contributed by atoms with van der Waals surface area (Å²) in [6.45, 7) is 20.0. The quantitative estimate of drug-likeness (QED) is 0.435. The van der Waals surface area contributed by atoms with Crippen LogP contribution in [-0.4, -0.2) is 46.0 Å². The predicted octanol–water partition coefficient (Wildman–Crippen LogP) is 4.35. The van der Waals surface area contributed by atoms with Gasteiger partial charge >= 0.3 is 5.97 Å². The van der Waals surface area contributed by atoms with Gasteiger partial charge in [0.05, 0.1) is 25.7 Å². The Kier molecular flexibility index (Phi) is 7.27. The maximum Gasteiger partial charge on any atom is 0.308 e. The largest absolute Gasteiger partial charge is 0.465 e. The normalized spacial score (nSPS) is 18.8. The lowest BCUT2D eigenvalue weighted by molar-refractivity contribution is -0.168. The number of carbonyl (C=O) groups is 2. The molecule has 152 valence electrons. The minimum atomic E-state index is -2.14. The molecule has 1 heterocycles. The lowest BCUT2D eigenvalue weighted by Crippen LogP contribution is -2.51. The molecule has 0 radical (unpaired) electrons. The molecule has 0 aliphatic carbocycles. The molecule has 1 aliphatic heterocycles. The lowest BCUT2D eigenvalue weighted by atomic mass is 9.79. The number of Topliss-reactive ketones (excluding diaryl/α,β-unsaturated/α-hetero) is 1. The lowest BCUT2D eigenvalue weighted by Gasteiger charge is -2.43. The van der Waals surface area contributed by atoms with E-state index < -0.39 is 19.8 Å². The van der Waals surface area contributed by atoms with Crippen LogP contribution >= 0.6 is 0 Å². The van der Waals surface area contributed by atoms with E-state index in [1.807, 2.05) is 27.7 Å². The fourth-order valence-corrected chi connectivity index (χ4v) is 4.05. The van der Waals surface area contributed by atoms with E-state index in [9.17, 15) is 9.59 Å². The van der Waals surface area contributed by atoms with Gasteiger partial charge in [-0.05, 0) is 18.1 Å². The van der Waals surface area contributed by atoms with Crippen molar-refractivity contribution in [1.29, 1.82) is 0 Å². The molecule has 0 amide bonds. The monoisotopic (exact) mass is 386 g/mol. The molecule has 0 unspecified atom stereocenters. The van der Waals surface area contributed by atoms with Gasteiger partial charge in [-0.3, -0.25) is 9.59 Å². The Morgan fingerprint density at radius 3 is 2.08 bits per heavy atom. The van der Waals surface area contributed by atoms with Crippen molar-refractivity contribution in [3.05, 3.63) is 0 Å². The van der Waals surface area contributed by atoms with Gasteiger partial charge in [0, 0.05) is 17.3 Å². The fourth-order valence-electron chi connectivity index (χ4n) is 2.61. The Morgan fingerprint density at radius 1 is 1.15 bits per heavy atom. The third-order valence-electron chi connectivity index (χ3n) is 5.92. The van der Waals surface area contributed by atoms with Gasteiger partial charge in [0.1, 0.15) is 12.4 Å². The molecule has 1 aliphatic rings. The van der Waals surface area contributed by atoms with E-state index in [0.29, 0.717) is 26.2 Å². The maximum atomic E-state index is 12.5. The van der Waals surface area contributed by atoms with Crippen LogP contribution in [0, 0.1) is 10.8 Å². The average molecular weight is 387 g/mol. The standard InChI is InChI=1S/C20H38O5Si/c1-10-15(21)19(5,6)16(25-26(8,9)18(2,3)4)11-17(22)24-14-20(7)12-23-13-20/h16H,10-14H2,1-9H3/t16-/m0/s1. The highest BCUT2D eigenvalue weighted by Gasteiger charge is 2.46. The molecular weight excluding hydrogens is 348 g/mol. The van der Waals surface area contributed by atoms with E-state index in [1.54, 1.807) is 0 Å². The van der Waals surface area contributed by atoms with Crippen LogP contribution in [0.3, 0.4) is 0 Å². The van der Waals surface area contributed by atoms with E-state index in [4.69, 9.17) is 13.9 Å². The Hall–Kier alpha value is -0.723. The number of esters is 1.